The Balaban J connectivity index is 2.22. The van der Waals surface area contributed by atoms with Crippen LogP contribution >= 0.6 is 38.9 Å². The lowest BCUT2D eigenvalue weighted by Gasteiger charge is -2.17. The molecule has 1 atom stereocenters. The van der Waals surface area contributed by atoms with Gasteiger partial charge in [0.25, 0.3) is 0 Å². The van der Waals surface area contributed by atoms with E-state index in [0.717, 1.165) is 12.2 Å². The van der Waals surface area contributed by atoms with Crippen molar-refractivity contribution < 1.29 is 0 Å². The summed E-state index contributed by atoms with van der Waals surface area (Å²) < 4.78 is 0.705. The van der Waals surface area contributed by atoms with Gasteiger partial charge in [-0.05, 0) is 33.8 Å². The molecule has 0 radical (unpaired) electrons. The first-order chi connectivity index (χ1) is 8.22. The number of nitrogens with zero attached hydrogens (tertiary/aromatic N) is 2. The van der Waals surface area contributed by atoms with Gasteiger partial charge >= 0.3 is 0 Å². The second-order valence-electron chi connectivity index (χ2n) is 3.45. The van der Waals surface area contributed by atoms with E-state index in [-0.39, 0.29) is 6.04 Å². The minimum Gasteiger partial charge on any atom is -0.361 e. The first kappa shape index (κ1) is 12.8. The molecule has 0 bridgehead atoms. The number of halogens is 2. The molecule has 0 fully saturated rings. The third kappa shape index (κ3) is 2.97. The first-order valence-electron chi connectivity index (χ1n) is 5.18. The Kier molecular flexibility index (Phi) is 4.36. The summed E-state index contributed by atoms with van der Waals surface area (Å²) in [4.78, 5) is 9.38. The van der Waals surface area contributed by atoms with Crippen molar-refractivity contribution in [1.29, 1.82) is 0 Å². The number of hydrogen-bond acceptors (Lipinski definition) is 4. The maximum Gasteiger partial charge on any atom is 0.148 e. The van der Waals surface area contributed by atoms with Gasteiger partial charge in [-0.1, -0.05) is 24.6 Å². The van der Waals surface area contributed by atoms with Gasteiger partial charge in [-0.25, -0.2) is 9.97 Å². The highest BCUT2D eigenvalue weighted by atomic mass is 79.9. The molecule has 3 nitrogen and oxygen atoms in total. The zero-order valence-electron chi connectivity index (χ0n) is 9.15. The van der Waals surface area contributed by atoms with Gasteiger partial charge in [-0.15, -0.1) is 11.3 Å². The highest BCUT2D eigenvalue weighted by Gasteiger charge is 2.14. The van der Waals surface area contributed by atoms with E-state index in [1.165, 1.54) is 11.2 Å². The predicted molar refractivity (Wildman–Crippen MR) is 75.7 cm³/mol. The van der Waals surface area contributed by atoms with Crippen molar-refractivity contribution in [1.82, 2.24) is 9.97 Å². The molecule has 0 saturated heterocycles. The minimum absolute atomic E-state index is 0.247. The Morgan fingerprint density at radius 3 is 3.00 bits per heavy atom. The number of hydrogen-bond donors (Lipinski definition) is 1. The molecule has 17 heavy (non-hydrogen) atoms. The summed E-state index contributed by atoms with van der Waals surface area (Å²) in [6, 6.07) is 4.41. The van der Waals surface area contributed by atoms with E-state index >= 15 is 0 Å². The standard InChI is InChI=1S/C11H11BrClN3S/c1-2-7(8-4-3-5-17-8)16-11-9(12)10(13)14-6-15-11/h3-7H,2H2,1H3,(H,14,15,16). The van der Waals surface area contributed by atoms with E-state index in [1.807, 2.05) is 6.07 Å². The Labute approximate surface area is 117 Å². The van der Waals surface area contributed by atoms with Crippen LogP contribution in [-0.2, 0) is 0 Å². The molecule has 0 aliphatic rings. The van der Waals surface area contributed by atoms with Crippen LogP contribution in [0.1, 0.15) is 24.3 Å². The van der Waals surface area contributed by atoms with Crippen LogP contribution in [0, 0.1) is 0 Å². The Hall–Kier alpha value is -0.650. The van der Waals surface area contributed by atoms with Crippen LogP contribution in [0.4, 0.5) is 5.82 Å². The lowest BCUT2D eigenvalue weighted by atomic mass is 10.2. The van der Waals surface area contributed by atoms with E-state index in [2.05, 4.69) is 49.6 Å². The largest absolute Gasteiger partial charge is 0.361 e. The third-order valence-corrected chi connectivity index (χ3v) is 4.60. The quantitative estimate of drug-likeness (QED) is 0.837. The van der Waals surface area contributed by atoms with Gasteiger partial charge in [0, 0.05) is 4.88 Å². The molecule has 2 rings (SSSR count). The lowest BCUT2D eigenvalue weighted by molar-refractivity contribution is 0.757. The average molecular weight is 333 g/mol. The maximum atomic E-state index is 5.93. The first-order valence-corrected chi connectivity index (χ1v) is 7.23. The smallest absolute Gasteiger partial charge is 0.148 e. The molecule has 2 heterocycles. The highest BCUT2D eigenvalue weighted by molar-refractivity contribution is 9.10. The van der Waals surface area contributed by atoms with Crippen molar-refractivity contribution in [2.24, 2.45) is 0 Å². The van der Waals surface area contributed by atoms with Crippen molar-refractivity contribution >= 4 is 44.7 Å². The molecular formula is C11H11BrClN3S. The monoisotopic (exact) mass is 331 g/mol. The molecule has 1 N–H and O–H groups in total. The third-order valence-electron chi connectivity index (χ3n) is 2.35. The van der Waals surface area contributed by atoms with Crippen molar-refractivity contribution in [3.8, 4) is 0 Å². The molecule has 2 aromatic rings. The fraction of sp³-hybridized carbons (Fsp3) is 0.273. The summed E-state index contributed by atoms with van der Waals surface area (Å²) in [6.07, 6.45) is 2.44. The Morgan fingerprint density at radius 1 is 1.53 bits per heavy atom. The fourth-order valence-corrected chi connectivity index (χ4v) is 2.79. The molecule has 2 aromatic heterocycles. The molecule has 1 unspecified atom stereocenters. The minimum atomic E-state index is 0.247. The van der Waals surface area contributed by atoms with Gasteiger partial charge in [-0.3, -0.25) is 0 Å². The second-order valence-corrected chi connectivity index (χ2v) is 5.58. The normalized spacial score (nSPS) is 12.4. The number of rotatable bonds is 4. The number of nitrogens with one attached hydrogen (secondary N) is 1. The fourth-order valence-electron chi connectivity index (χ4n) is 1.48. The lowest BCUT2D eigenvalue weighted by Crippen LogP contribution is -2.10. The van der Waals surface area contributed by atoms with Gasteiger partial charge in [0.2, 0.25) is 0 Å². The molecule has 0 aliphatic carbocycles. The predicted octanol–water partition coefficient (Wildman–Crippen LogP) is 4.52. The van der Waals surface area contributed by atoms with Crippen LogP contribution in [-0.4, -0.2) is 9.97 Å². The SMILES string of the molecule is CCC(Nc1ncnc(Cl)c1Br)c1cccs1. The molecule has 0 amide bonds. The summed E-state index contributed by atoms with van der Waals surface area (Å²) >= 11 is 11.0. The van der Waals surface area contributed by atoms with Crippen molar-refractivity contribution in [3.63, 3.8) is 0 Å². The average Bonchev–Trinajstić information content (AvgIpc) is 2.85. The summed E-state index contributed by atoms with van der Waals surface area (Å²) in [6.45, 7) is 2.13. The van der Waals surface area contributed by atoms with Crippen LogP contribution < -0.4 is 5.32 Å². The molecule has 0 aliphatic heterocycles. The Morgan fingerprint density at radius 2 is 2.35 bits per heavy atom. The van der Waals surface area contributed by atoms with E-state index in [4.69, 9.17) is 11.6 Å². The topological polar surface area (TPSA) is 37.8 Å². The zero-order valence-corrected chi connectivity index (χ0v) is 12.3. The molecule has 90 valence electrons. The second kappa shape index (κ2) is 5.80. The van der Waals surface area contributed by atoms with E-state index in [9.17, 15) is 0 Å². The van der Waals surface area contributed by atoms with E-state index in [0.29, 0.717) is 9.63 Å². The summed E-state index contributed by atoms with van der Waals surface area (Å²) in [5.41, 5.74) is 0. The van der Waals surface area contributed by atoms with Crippen molar-refractivity contribution in [3.05, 3.63) is 38.3 Å². The van der Waals surface area contributed by atoms with Gasteiger partial charge in [0.15, 0.2) is 0 Å². The van der Waals surface area contributed by atoms with Gasteiger partial charge in [-0.2, -0.15) is 0 Å². The van der Waals surface area contributed by atoms with Crippen molar-refractivity contribution in [2.75, 3.05) is 5.32 Å². The Bertz CT molecular complexity index is 489. The van der Waals surface area contributed by atoms with Crippen LogP contribution in [0.5, 0.6) is 0 Å². The maximum absolute atomic E-state index is 5.93. The van der Waals surface area contributed by atoms with Gasteiger partial charge in [0.1, 0.15) is 17.3 Å². The number of aromatic nitrogens is 2. The van der Waals surface area contributed by atoms with Gasteiger partial charge in [0.05, 0.1) is 10.5 Å². The number of thiophene rings is 1. The summed E-state index contributed by atoms with van der Waals surface area (Å²) in [5.74, 6) is 0.727. The van der Waals surface area contributed by atoms with Crippen LogP contribution in [0.25, 0.3) is 0 Å². The molecular weight excluding hydrogens is 322 g/mol. The summed E-state index contributed by atoms with van der Waals surface area (Å²) in [7, 11) is 0. The van der Waals surface area contributed by atoms with Crippen LogP contribution in [0.2, 0.25) is 5.15 Å². The zero-order chi connectivity index (χ0) is 12.3. The van der Waals surface area contributed by atoms with Crippen LogP contribution in [0.3, 0.4) is 0 Å². The molecule has 6 heteroatoms. The summed E-state index contributed by atoms with van der Waals surface area (Å²) in [5, 5.41) is 5.86. The molecule has 0 saturated carbocycles. The number of anilines is 1. The van der Waals surface area contributed by atoms with Gasteiger partial charge < -0.3 is 5.32 Å². The molecule has 0 spiro atoms. The molecule has 0 aromatic carbocycles. The highest BCUT2D eigenvalue weighted by Crippen LogP contribution is 2.31. The van der Waals surface area contributed by atoms with E-state index < -0.39 is 0 Å². The van der Waals surface area contributed by atoms with E-state index in [1.54, 1.807) is 11.3 Å². The van der Waals surface area contributed by atoms with Crippen molar-refractivity contribution in [2.45, 2.75) is 19.4 Å². The van der Waals surface area contributed by atoms with Crippen LogP contribution in [0.15, 0.2) is 28.3 Å².